The Hall–Kier alpha value is -7.66. The summed E-state index contributed by atoms with van der Waals surface area (Å²) in [5, 5.41) is 15.3. The second kappa shape index (κ2) is 11.9. The van der Waals surface area contributed by atoms with E-state index in [9.17, 15) is 5.26 Å². The highest BCUT2D eigenvalue weighted by atomic mass is 15.0. The molecule has 0 bridgehead atoms. The number of rotatable bonds is 4. The second-order valence-electron chi connectivity index (χ2n) is 14.2. The van der Waals surface area contributed by atoms with Crippen LogP contribution in [0, 0.1) is 17.9 Å². The summed E-state index contributed by atoms with van der Waals surface area (Å²) in [7, 11) is 0. The quantitative estimate of drug-likeness (QED) is 0.169. The highest BCUT2D eigenvalue weighted by molar-refractivity contribution is 6.14. The lowest BCUT2D eigenvalue weighted by atomic mass is 9.87. The summed E-state index contributed by atoms with van der Waals surface area (Å²) in [6.45, 7) is 8.37. The predicted molar refractivity (Wildman–Crippen MR) is 224 cm³/mol. The number of fused-ring (bicyclic) bond motifs is 10. The molecule has 0 saturated heterocycles. The molecule has 1 aliphatic carbocycles. The van der Waals surface area contributed by atoms with E-state index in [0.29, 0.717) is 11.3 Å². The summed E-state index contributed by atoms with van der Waals surface area (Å²) in [5.41, 5.74) is 15.2. The molecule has 0 radical (unpaired) electrons. The van der Waals surface area contributed by atoms with Gasteiger partial charge in [-0.2, -0.15) is 5.26 Å². The Bertz CT molecular complexity index is 3240. The van der Waals surface area contributed by atoms with Crippen molar-refractivity contribution in [2.75, 3.05) is 0 Å². The smallest absolute Gasteiger partial charge is 0.197 e. The topological polar surface area (TPSA) is 38.0 Å². The molecule has 55 heavy (non-hydrogen) atoms. The van der Waals surface area contributed by atoms with Gasteiger partial charge in [0.1, 0.15) is 0 Å². The Labute approximate surface area is 317 Å². The first-order valence-electron chi connectivity index (χ1n) is 18.5. The van der Waals surface area contributed by atoms with Crippen LogP contribution in [0.1, 0.15) is 28.2 Å². The first kappa shape index (κ1) is 30.9. The van der Waals surface area contributed by atoms with Crippen molar-refractivity contribution in [2.24, 2.45) is 0 Å². The zero-order chi connectivity index (χ0) is 36.6. The van der Waals surface area contributed by atoms with Crippen LogP contribution in [0.2, 0.25) is 0 Å². The lowest BCUT2D eigenvalue weighted by Gasteiger charge is -2.16. The summed E-state index contributed by atoms with van der Waals surface area (Å²) in [6.07, 6.45) is 0. The van der Waals surface area contributed by atoms with Crippen molar-refractivity contribution < 1.29 is 0 Å². The van der Waals surface area contributed by atoms with Gasteiger partial charge >= 0.3 is 0 Å². The number of nitriles is 1. The molecule has 0 fully saturated rings. The van der Waals surface area contributed by atoms with E-state index in [1.54, 1.807) is 0 Å². The Kier molecular flexibility index (Phi) is 6.71. The molecule has 254 valence electrons. The zero-order valence-electron chi connectivity index (χ0n) is 29.6. The summed E-state index contributed by atoms with van der Waals surface area (Å²) in [5.74, 6) is 0.103. The summed E-state index contributed by atoms with van der Waals surface area (Å²) in [6, 6.07) is 64.0. The largest absolute Gasteiger partial charge is 0.311 e. The molecule has 0 amide bonds. The fourth-order valence-electron chi connectivity index (χ4n) is 9.22. The Morgan fingerprint density at radius 1 is 0.491 bits per heavy atom. The fraction of sp³-hybridized carbons (Fsp3) is 0.0196. The molecule has 0 spiro atoms. The third-order valence-corrected chi connectivity index (χ3v) is 11.5. The lowest BCUT2D eigenvalue weighted by Crippen LogP contribution is -2.00. The second-order valence-corrected chi connectivity index (χ2v) is 14.2. The van der Waals surface area contributed by atoms with Gasteiger partial charge in [-0.15, -0.1) is 0 Å². The zero-order valence-corrected chi connectivity index (χ0v) is 29.6. The minimum absolute atomic E-state index is 0.103. The van der Waals surface area contributed by atoms with E-state index in [4.69, 9.17) is 6.57 Å². The van der Waals surface area contributed by atoms with Crippen LogP contribution in [-0.4, -0.2) is 9.13 Å². The van der Waals surface area contributed by atoms with E-state index in [0.717, 1.165) is 44.6 Å². The van der Waals surface area contributed by atoms with Gasteiger partial charge in [0, 0.05) is 38.8 Å². The van der Waals surface area contributed by atoms with Gasteiger partial charge in [0.2, 0.25) is 0 Å². The van der Waals surface area contributed by atoms with Gasteiger partial charge in [0.25, 0.3) is 0 Å². The first-order chi connectivity index (χ1) is 27.2. The van der Waals surface area contributed by atoms with Gasteiger partial charge in [-0.3, -0.25) is 0 Å². The van der Waals surface area contributed by atoms with Crippen LogP contribution in [0.4, 0.5) is 5.69 Å². The molecule has 1 unspecified atom stereocenters. The first-order valence-corrected chi connectivity index (χ1v) is 18.5. The maximum absolute atomic E-state index is 10.5. The van der Waals surface area contributed by atoms with Gasteiger partial charge in [0.05, 0.1) is 40.3 Å². The van der Waals surface area contributed by atoms with E-state index in [1.807, 2.05) is 36.4 Å². The van der Waals surface area contributed by atoms with Crippen LogP contribution in [0.15, 0.2) is 176 Å². The number of hydrogen-bond acceptors (Lipinski definition) is 1. The minimum atomic E-state index is 0.103. The number of aromatic nitrogens is 2. The van der Waals surface area contributed by atoms with Crippen molar-refractivity contribution in [3.8, 4) is 39.7 Å². The van der Waals surface area contributed by atoms with Crippen LogP contribution in [0.5, 0.6) is 0 Å². The Balaban J connectivity index is 1.08. The van der Waals surface area contributed by atoms with E-state index in [-0.39, 0.29) is 5.92 Å². The fourth-order valence-corrected chi connectivity index (χ4v) is 9.22. The lowest BCUT2D eigenvalue weighted by molar-refractivity contribution is 1.03. The molecule has 2 aromatic heterocycles. The minimum Gasteiger partial charge on any atom is -0.311 e. The van der Waals surface area contributed by atoms with E-state index in [1.165, 1.54) is 49.4 Å². The molecule has 11 rings (SSSR count). The third-order valence-electron chi connectivity index (χ3n) is 11.5. The van der Waals surface area contributed by atoms with Gasteiger partial charge in [0.15, 0.2) is 5.69 Å². The molecule has 0 N–H and O–H groups in total. The maximum atomic E-state index is 10.5. The van der Waals surface area contributed by atoms with Crippen LogP contribution in [0.25, 0.3) is 82.1 Å². The summed E-state index contributed by atoms with van der Waals surface area (Å²) >= 11 is 0. The van der Waals surface area contributed by atoms with Crippen molar-refractivity contribution in [1.29, 1.82) is 5.26 Å². The predicted octanol–water partition coefficient (Wildman–Crippen LogP) is 13.1. The molecule has 0 saturated carbocycles. The van der Waals surface area contributed by atoms with Crippen molar-refractivity contribution >= 4 is 49.3 Å². The maximum Gasteiger partial charge on any atom is 0.197 e. The summed E-state index contributed by atoms with van der Waals surface area (Å²) in [4.78, 5) is 4.07. The SMILES string of the molecule is [C-]#[N+]c1cc(-n2c3ccccc3c3c4c(ccc32)-c2ccccc2C4c2ccccc2)ccc1-c1ccc(-n2c3ccccc3c3ccccc32)cc1C#N. The van der Waals surface area contributed by atoms with Crippen molar-refractivity contribution in [3.05, 3.63) is 210 Å². The molecule has 1 aliphatic rings. The van der Waals surface area contributed by atoms with Gasteiger partial charge in [-0.25, -0.2) is 4.85 Å². The molecule has 1 atom stereocenters. The van der Waals surface area contributed by atoms with Gasteiger partial charge in [-0.1, -0.05) is 127 Å². The van der Waals surface area contributed by atoms with Gasteiger partial charge in [-0.05, 0) is 87.5 Å². The average Bonchev–Trinajstić information content (AvgIpc) is 3.89. The van der Waals surface area contributed by atoms with E-state index in [2.05, 4.69) is 160 Å². The molecular weight excluding hydrogens is 669 g/mol. The number of nitrogens with zero attached hydrogens (tertiary/aromatic N) is 4. The number of hydrogen-bond donors (Lipinski definition) is 0. The van der Waals surface area contributed by atoms with Crippen molar-refractivity contribution in [1.82, 2.24) is 9.13 Å². The Morgan fingerprint density at radius 3 is 1.76 bits per heavy atom. The molecule has 4 nitrogen and oxygen atoms in total. The normalized spacial score (nSPS) is 13.2. The molecule has 10 aromatic rings. The van der Waals surface area contributed by atoms with Crippen molar-refractivity contribution in [2.45, 2.75) is 5.92 Å². The highest BCUT2D eigenvalue weighted by Crippen LogP contribution is 2.53. The monoisotopic (exact) mass is 698 g/mol. The van der Waals surface area contributed by atoms with Crippen LogP contribution in [-0.2, 0) is 0 Å². The molecule has 8 aromatic carbocycles. The molecule has 2 heterocycles. The average molecular weight is 699 g/mol. The molecular formula is C51H30N4. The van der Waals surface area contributed by atoms with Crippen LogP contribution >= 0.6 is 0 Å². The van der Waals surface area contributed by atoms with Crippen LogP contribution < -0.4 is 0 Å². The van der Waals surface area contributed by atoms with Crippen molar-refractivity contribution in [3.63, 3.8) is 0 Å². The molecule has 4 heteroatoms. The number of benzene rings is 8. The third kappa shape index (κ3) is 4.43. The molecule has 0 aliphatic heterocycles. The summed E-state index contributed by atoms with van der Waals surface area (Å²) < 4.78 is 4.51. The standard InChI is InChI=1S/C51H30N4/c1-53-44-30-35(24-26-38(44)36-25-23-34(29-33(36)31-52)54-45-20-10-7-16-39(45)40-17-8-11-21-46(40)54)55-47-22-12-9-19-43(47)50-48(55)28-27-42-37-15-5-6-18-41(37)49(51(42)50)32-13-3-2-4-14-32/h2-30,49H. The van der Waals surface area contributed by atoms with Crippen LogP contribution in [0.3, 0.4) is 0 Å². The number of para-hydroxylation sites is 3. The highest BCUT2D eigenvalue weighted by Gasteiger charge is 2.33. The Morgan fingerprint density at radius 2 is 1.05 bits per heavy atom. The van der Waals surface area contributed by atoms with E-state index >= 15 is 0 Å². The van der Waals surface area contributed by atoms with E-state index < -0.39 is 0 Å². The van der Waals surface area contributed by atoms with Gasteiger partial charge < -0.3 is 9.13 Å².